The first kappa shape index (κ1) is 15.9. The Morgan fingerprint density at radius 3 is 2.71 bits per heavy atom. The molecule has 1 aliphatic heterocycles. The van der Waals surface area contributed by atoms with Crippen molar-refractivity contribution in [2.75, 3.05) is 6.61 Å². The zero-order valence-electron chi connectivity index (χ0n) is 11.4. The maximum absolute atomic E-state index is 12.8. The molecule has 0 spiro atoms. The highest BCUT2D eigenvalue weighted by Gasteiger charge is 2.34. The quantitative estimate of drug-likeness (QED) is 0.846. The normalized spacial score (nSPS) is 19.5. The second-order valence-electron chi connectivity index (χ2n) is 4.87. The molecule has 1 fully saturated rings. The van der Waals surface area contributed by atoms with Crippen LogP contribution in [0.2, 0.25) is 0 Å². The van der Waals surface area contributed by atoms with E-state index in [9.17, 15) is 19.1 Å². The Bertz CT molecular complexity index is 522. The molecule has 21 heavy (non-hydrogen) atoms. The van der Waals surface area contributed by atoms with Crippen molar-refractivity contribution in [1.82, 2.24) is 4.90 Å². The van der Waals surface area contributed by atoms with Gasteiger partial charge in [0, 0.05) is 6.42 Å². The van der Waals surface area contributed by atoms with E-state index in [1.807, 2.05) is 0 Å². The highest BCUT2D eigenvalue weighted by molar-refractivity contribution is 7.17. The first-order valence-corrected chi connectivity index (χ1v) is 7.33. The van der Waals surface area contributed by atoms with Crippen molar-refractivity contribution in [3.8, 4) is 0 Å². The molecule has 1 aliphatic rings. The molecule has 0 bridgehead atoms. The fourth-order valence-electron chi connectivity index (χ4n) is 2.14. The summed E-state index contributed by atoms with van der Waals surface area (Å²) < 4.78 is 17.5. The molecule has 0 aromatic heterocycles. The lowest BCUT2D eigenvalue weighted by Gasteiger charge is -2.16. The number of hydrogen-bond donors (Lipinski definition) is 1. The van der Waals surface area contributed by atoms with Gasteiger partial charge in [-0.05, 0) is 30.5 Å². The molecule has 1 aromatic carbocycles. The van der Waals surface area contributed by atoms with Gasteiger partial charge in [0.15, 0.2) is 0 Å². The Labute approximate surface area is 124 Å². The molecular weight excluding hydrogens is 296 g/mol. The fourth-order valence-corrected chi connectivity index (χ4v) is 2.53. The molecule has 114 valence electrons. The van der Waals surface area contributed by atoms with E-state index in [2.05, 4.69) is 9.24 Å². The number of amides is 2. The van der Waals surface area contributed by atoms with Gasteiger partial charge in [0.2, 0.25) is 5.91 Å². The minimum absolute atomic E-state index is 0.151. The molecular formula is C14H17FNO4P. The molecule has 0 radical (unpaired) electrons. The van der Waals surface area contributed by atoms with Crippen LogP contribution < -0.4 is 0 Å². The van der Waals surface area contributed by atoms with E-state index in [-0.39, 0.29) is 30.5 Å². The van der Waals surface area contributed by atoms with Crippen LogP contribution in [-0.4, -0.2) is 34.4 Å². The highest BCUT2D eigenvalue weighted by Crippen LogP contribution is 2.22. The van der Waals surface area contributed by atoms with Gasteiger partial charge in [-0.15, -0.1) is 9.24 Å². The third kappa shape index (κ3) is 3.99. The van der Waals surface area contributed by atoms with Gasteiger partial charge in [0.25, 0.3) is 0 Å². The van der Waals surface area contributed by atoms with Crippen LogP contribution >= 0.6 is 9.24 Å². The van der Waals surface area contributed by atoms with Crippen LogP contribution in [0.25, 0.3) is 0 Å². The molecule has 0 aliphatic carbocycles. The van der Waals surface area contributed by atoms with E-state index in [1.54, 1.807) is 0 Å². The lowest BCUT2D eigenvalue weighted by Crippen LogP contribution is -2.35. The highest BCUT2D eigenvalue weighted by atomic mass is 31.0. The van der Waals surface area contributed by atoms with E-state index in [0.717, 1.165) is 4.90 Å². The van der Waals surface area contributed by atoms with E-state index >= 15 is 0 Å². The number of benzene rings is 1. The molecule has 7 heteroatoms. The summed E-state index contributed by atoms with van der Waals surface area (Å²) in [6.45, 7) is 0.188. The van der Waals surface area contributed by atoms with Gasteiger partial charge in [-0.25, -0.2) is 14.1 Å². The van der Waals surface area contributed by atoms with Gasteiger partial charge in [-0.2, -0.15) is 0 Å². The van der Waals surface area contributed by atoms with Crippen molar-refractivity contribution in [1.29, 1.82) is 0 Å². The topological polar surface area (TPSA) is 66.8 Å². The van der Waals surface area contributed by atoms with Crippen LogP contribution in [0.3, 0.4) is 0 Å². The summed E-state index contributed by atoms with van der Waals surface area (Å²) in [7, 11) is 2.39. The number of aliphatic hydroxyl groups is 1. The Morgan fingerprint density at radius 2 is 2.14 bits per heavy atom. The predicted octanol–water partition coefficient (Wildman–Crippen LogP) is 2.21. The van der Waals surface area contributed by atoms with E-state index in [0.29, 0.717) is 18.4 Å². The summed E-state index contributed by atoms with van der Waals surface area (Å²) in [4.78, 5) is 24.3. The second kappa shape index (κ2) is 6.96. The van der Waals surface area contributed by atoms with Gasteiger partial charge < -0.3 is 9.84 Å². The molecule has 0 saturated carbocycles. The van der Waals surface area contributed by atoms with Crippen LogP contribution in [0.15, 0.2) is 24.3 Å². The first-order chi connectivity index (χ1) is 9.99. The first-order valence-electron chi connectivity index (χ1n) is 6.67. The lowest BCUT2D eigenvalue weighted by molar-refractivity contribution is -0.128. The van der Waals surface area contributed by atoms with Gasteiger partial charge in [0.1, 0.15) is 12.4 Å². The van der Waals surface area contributed by atoms with Crippen molar-refractivity contribution in [2.24, 2.45) is 0 Å². The lowest BCUT2D eigenvalue weighted by atomic mass is 10.0. The van der Waals surface area contributed by atoms with E-state index < -0.39 is 12.2 Å². The van der Waals surface area contributed by atoms with E-state index in [4.69, 9.17) is 4.74 Å². The number of aliphatic hydroxyl groups excluding tert-OH is 1. The van der Waals surface area contributed by atoms with Gasteiger partial charge in [0.05, 0.1) is 11.9 Å². The molecule has 1 N–H and O–H groups in total. The molecule has 2 amide bonds. The predicted molar refractivity (Wildman–Crippen MR) is 76.9 cm³/mol. The SMILES string of the molecule is O=C(CCC[C@H](O)c1ccc(F)cc1)N1C(=O)OC[C@@H]1P. The summed E-state index contributed by atoms with van der Waals surface area (Å²) in [6.07, 6.45) is -0.437. The Kier molecular flexibility index (Phi) is 5.26. The average Bonchev–Trinajstić information content (AvgIpc) is 2.78. The summed E-state index contributed by atoms with van der Waals surface area (Å²) in [6, 6.07) is 5.59. The zero-order chi connectivity index (χ0) is 15.4. The van der Waals surface area contributed by atoms with Crippen molar-refractivity contribution in [3.05, 3.63) is 35.6 Å². The number of hydrogen-bond acceptors (Lipinski definition) is 4. The van der Waals surface area contributed by atoms with Crippen LogP contribution in [0.5, 0.6) is 0 Å². The number of cyclic esters (lactones) is 1. The maximum atomic E-state index is 12.8. The largest absolute Gasteiger partial charge is 0.447 e. The van der Waals surface area contributed by atoms with Crippen LogP contribution in [0, 0.1) is 5.82 Å². The Balaban J connectivity index is 1.80. The van der Waals surface area contributed by atoms with Crippen molar-refractivity contribution in [3.63, 3.8) is 0 Å². The zero-order valence-corrected chi connectivity index (χ0v) is 12.5. The van der Waals surface area contributed by atoms with Crippen molar-refractivity contribution >= 4 is 21.2 Å². The van der Waals surface area contributed by atoms with Gasteiger partial charge in [-0.1, -0.05) is 12.1 Å². The Morgan fingerprint density at radius 1 is 1.48 bits per heavy atom. The minimum atomic E-state index is -0.754. The summed E-state index contributed by atoms with van der Waals surface area (Å²) in [5, 5.41) is 9.95. The fraction of sp³-hybridized carbons (Fsp3) is 0.429. The number of rotatable bonds is 5. The average molecular weight is 313 g/mol. The third-order valence-corrected chi connectivity index (χ3v) is 3.79. The Hall–Kier alpha value is -1.52. The standard InChI is InChI=1S/C14H17FNO4P/c15-10-6-4-9(5-7-10)11(17)2-1-3-12(18)16-13(21)8-20-14(16)19/h4-7,11,13,17H,1-3,8,21H2/t11-,13-/m0/s1. The summed E-state index contributed by atoms with van der Waals surface area (Å²) >= 11 is 0. The summed E-state index contributed by atoms with van der Waals surface area (Å²) in [5.74, 6) is -1.00. The molecule has 5 nitrogen and oxygen atoms in total. The van der Waals surface area contributed by atoms with Gasteiger partial charge >= 0.3 is 6.09 Å². The molecule has 1 saturated heterocycles. The smallest absolute Gasteiger partial charge is 0.417 e. The van der Waals surface area contributed by atoms with Crippen molar-refractivity contribution < 1.29 is 23.8 Å². The number of ether oxygens (including phenoxy) is 1. The molecule has 1 heterocycles. The number of carbonyl (C=O) groups is 2. The monoisotopic (exact) mass is 313 g/mol. The van der Waals surface area contributed by atoms with Gasteiger partial charge in [-0.3, -0.25) is 4.79 Å². The molecule has 3 atom stereocenters. The van der Waals surface area contributed by atoms with Crippen LogP contribution in [0.4, 0.5) is 9.18 Å². The minimum Gasteiger partial charge on any atom is -0.447 e. The number of halogens is 1. The summed E-state index contributed by atoms with van der Waals surface area (Å²) in [5.41, 5.74) is 0.605. The maximum Gasteiger partial charge on any atom is 0.417 e. The third-order valence-electron chi connectivity index (χ3n) is 3.30. The number of nitrogens with zero attached hydrogens (tertiary/aromatic N) is 1. The van der Waals surface area contributed by atoms with E-state index in [1.165, 1.54) is 24.3 Å². The number of imide groups is 1. The molecule has 1 unspecified atom stereocenters. The van der Waals surface area contributed by atoms with Crippen LogP contribution in [0.1, 0.15) is 30.9 Å². The molecule has 2 rings (SSSR count). The van der Waals surface area contributed by atoms with Crippen molar-refractivity contribution in [2.45, 2.75) is 31.1 Å². The second-order valence-corrected chi connectivity index (χ2v) is 5.64. The molecule has 1 aromatic rings. The van der Waals surface area contributed by atoms with Crippen LogP contribution in [-0.2, 0) is 9.53 Å². The number of carbonyl (C=O) groups excluding carboxylic acids is 2.